The van der Waals surface area contributed by atoms with Crippen LogP contribution in [-0.4, -0.2) is 52.2 Å². The Morgan fingerprint density at radius 2 is 2.15 bits per heavy atom. The summed E-state index contributed by atoms with van der Waals surface area (Å²) in [6.07, 6.45) is 3.71. The zero-order valence-electron chi connectivity index (χ0n) is 15.1. The van der Waals surface area contributed by atoms with Gasteiger partial charge in [-0.1, -0.05) is 23.7 Å². The molecule has 2 aliphatic rings. The Balaban J connectivity index is 0.00000210. The van der Waals surface area contributed by atoms with Gasteiger partial charge in [0.05, 0.1) is 11.2 Å². The molecule has 1 aromatic heterocycles. The summed E-state index contributed by atoms with van der Waals surface area (Å²) < 4.78 is 15.4. The highest BCUT2D eigenvalue weighted by molar-refractivity contribution is 6.30. The molecule has 27 heavy (non-hydrogen) atoms. The Labute approximate surface area is 169 Å². The predicted molar refractivity (Wildman–Crippen MR) is 104 cm³/mol. The van der Waals surface area contributed by atoms with Crippen LogP contribution in [0.3, 0.4) is 0 Å². The Kier molecular flexibility index (Phi) is 6.08. The summed E-state index contributed by atoms with van der Waals surface area (Å²) in [6.45, 7) is 2.98. The number of benzene rings is 1. The molecule has 0 saturated carbocycles. The summed E-state index contributed by atoms with van der Waals surface area (Å²) in [5, 5.41) is 4.69. The number of amides is 1. The summed E-state index contributed by atoms with van der Waals surface area (Å²) in [6, 6.07) is 7.01. The fourth-order valence-electron chi connectivity index (χ4n) is 4.48. The first kappa shape index (κ1) is 20.1. The summed E-state index contributed by atoms with van der Waals surface area (Å²) in [5.41, 5.74) is 1.00. The van der Waals surface area contributed by atoms with E-state index in [1.54, 1.807) is 29.2 Å². The first-order valence-electron chi connectivity index (χ1n) is 8.92. The molecule has 2 aliphatic heterocycles. The zero-order valence-corrected chi connectivity index (χ0v) is 16.7. The first-order valence-corrected chi connectivity index (χ1v) is 9.30. The maximum atomic E-state index is 13.7. The SMILES string of the molecule is CN1C[C@H]2CN(C(=O)CCn3cc(Cl)cn3)C[C@H]2[C@@H]1c1cccc(F)c1.Cl. The highest BCUT2D eigenvalue weighted by atomic mass is 35.5. The van der Waals surface area contributed by atoms with Crippen molar-refractivity contribution in [2.24, 2.45) is 11.8 Å². The fraction of sp³-hybridized carbons (Fsp3) is 0.474. The van der Waals surface area contributed by atoms with E-state index in [2.05, 4.69) is 17.0 Å². The number of hydrogen-bond donors (Lipinski definition) is 0. The molecule has 5 nitrogen and oxygen atoms in total. The number of nitrogens with zero attached hydrogens (tertiary/aromatic N) is 4. The summed E-state index contributed by atoms with van der Waals surface area (Å²) in [5.74, 6) is 0.732. The molecular weight excluding hydrogens is 390 g/mol. The van der Waals surface area contributed by atoms with Crippen LogP contribution in [0.4, 0.5) is 4.39 Å². The predicted octanol–water partition coefficient (Wildman–Crippen LogP) is 3.25. The third-order valence-electron chi connectivity index (χ3n) is 5.59. The number of halogens is 3. The number of carbonyl (C=O) groups excluding carboxylic acids is 1. The third kappa shape index (κ3) is 4.13. The Hall–Kier alpha value is -1.63. The van der Waals surface area contributed by atoms with Gasteiger partial charge in [-0.3, -0.25) is 14.4 Å². The molecule has 2 fully saturated rings. The number of aromatic nitrogens is 2. The molecule has 0 radical (unpaired) electrons. The van der Waals surface area contributed by atoms with Gasteiger partial charge in [0.1, 0.15) is 5.82 Å². The van der Waals surface area contributed by atoms with Crippen molar-refractivity contribution in [1.29, 1.82) is 0 Å². The van der Waals surface area contributed by atoms with Crippen LogP contribution in [0.25, 0.3) is 0 Å². The first-order chi connectivity index (χ1) is 12.5. The van der Waals surface area contributed by atoms with Gasteiger partial charge < -0.3 is 4.90 Å². The molecule has 0 aliphatic carbocycles. The molecule has 2 aromatic rings. The molecule has 146 valence electrons. The number of likely N-dealkylation sites (tertiary alicyclic amines) is 2. The van der Waals surface area contributed by atoms with Crippen molar-refractivity contribution in [3.8, 4) is 0 Å². The van der Waals surface area contributed by atoms with Gasteiger partial charge in [0.25, 0.3) is 0 Å². The van der Waals surface area contributed by atoms with Crippen molar-refractivity contribution in [3.63, 3.8) is 0 Å². The monoisotopic (exact) mass is 412 g/mol. The van der Waals surface area contributed by atoms with Gasteiger partial charge in [-0.2, -0.15) is 5.10 Å². The van der Waals surface area contributed by atoms with E-state index in [1.807, 2.05) is 11.0 Å². The van der Waals surface area contributed by atoms with Crippen molar-refractivity contribution in [3.05, 3.63) is 53.1 Å². The largest absolute Gasteiger partial charge is 0.342 e. The lowest BCUT2D eigenvalue weighted by atomic mass is 9.89. The van der Waals surface area contributed by atoms with Gasteiger partial charge >= 0.3 is 0 Å². The van der Waals surface area contributed by atoms with Crippen molar-refractivity contribution in [1.82, 2.24) is 19.6 Å². The minimum atomic E-state index is -0.205. The standard InChI is InChI=1S/C19H22ClFN4O.ClH/c1-23-9-14-10-24(18(26)5-6-25-11-15(20)8-22-25)12-17(14)19(23)13-3-2-4-16(21)7-13;/h2-4,7-8,11,14,17,19H,5-6,9-10,12H2,1H3;1H/t14-,17+,19-;/m0./s1. The van der Waals surface area contributed by atoms with E-state index >= 15 is 0 Å². The van der Waals surface area contributed by atoms with E-state index in [-0.39, 0.29) is 30.2 Å². The molecule has 0 spiro atoms. The Morgan fingerprint density at radius 3 is 2.85 bits per heavy atom. The third-order valence-corrected chi connectivity index (χ3v) is 5.79. The minimum absolute atomic E-state index is 0. The summed E-state index contributed by atoms with van der Waals surface area (Å²) in [7, 11) is 2.08. The van der Waals surface area contributed by atoms with Gasteiger partial charge in [-0.05, 0) is 30.7 Å². The van der Waals surface area contributed by atoms with Crippen LogP contribution in [0.2, 0.25) is 5.02 Å². The molecule has 1 aromatic carbocycles. The van der Waals surface area contributed by atoms with Gasteiger partial charge in [0, 0.05) is 50.8 Å². The zero-order chi connectivity index (χ0) is 18.3. The lowest BCUT2D eigenvalue weighted by Gasteiger charge is -2.27. The topological polar surface area (TPSA) is 41.4 Å². The van der Waals surface area contributed by atoms with Crippen LogP contribution in [0, 0.1) is 17.7 Å². The molecule has 0 bridgehead atoms. The van der Waals surface area contributed by atoms with E-state index in [0.29, 0.717) is 29.8 Å². The molecule has 4 rings (SSSR count). The van der Waals surface area contributed by atoms with Gasteiger partial charge in [0.15, 0.2) is 0 Å². The lowest BCUT2D eigenvalue weighted by Crippen LogP contribution is -2.33. The average Bonchev–Trinajstić information content (AvgIpc) is 3.26. The van der Waals surface area contributed by atoms with Gasteiger partial charge in [-0.25, -0.2) is 4.39 Å². The number of aryl methyl sites for hydroxylation is 1. The molecule has 3 heterocycles. The van der Waals surface area contributed by atoms with Crippen LogP contribution in [0.15, 0.2) is 36.7 Å². The minimum Gasteiger partial charge on any atom is -0.342 e. The summed E-state index contributed by atoms with van der Waals surface area (Å²) >= 11 is 5.86. The normalized spacial score (nSPS) is 24.7. The number of fused-ring (bicyclic) bond motifs is 1. The quantitative estimate of drug-likeness (QED) is 0.773. The molecule has 3 atom stereocenters. The second-order valence-corrected chi connectivity index (χ2v) is 7.77. The van der Waals surface area contributed by atoms with E-state index in [0.717, 1.165) is 25.2 Å². The number of hydrogen-bond acceptors (Lipinski definition) is 3. The molecule has 1 amide bonds. The maximum Gasteiger partial charge on any atom is 0.224 e. The summed E-state index contributed by atoms with van der Waals surface area (Å²) in [4.78, 5) is 16.9. The van der Waals surface area contributed by atoms with Crippen LogP contribution in [0.1, 0.15) is 18.0 Å². The van der Waals surface area contributed by atoms with Crippen LogP contribution < -0.4 is 0 Å². The van der Waals surface area contributed by atoms with Crippen molar-refractivity contribution >= 4 is 29.9 Å². The fourth-order valence-corrected chi connectivity index (χ4v) is 4.64. The van der Waals surface area contributed by atoms with E-state index in [9.17, 15) is 9.18 Å². The van der Waals surface area contributed by atoms with E-state index in [4.69, 9.17) is 11.6 Å². The molecule has 8 heteroatoms. The molecule has 0 unspecified atom stereocenters. The van der Waals surface area contributed by atoms with Crippen LogP contribution >= 0.6 is 24.0 Å². The average molecular weight is 413 g/mol. The number of carbonyl (C=O) groups is 1. The van der Waals surface area contributed by atoms with Crippen molar-refractivity contribution in [2.45, 2.75) is 19.0 Å². The van der Waals surface area contributed by atoms with Crippen LogP contribution in [-0.2, 0) is 11.3 Å². The molecule has 2 saturated heterocycles. The highest BCUT2D eigenvalue weighted by Crippen LogP contribution is 2.44. The lowest BCUT2D eigenvalue weighted by molar-refractivity contribution is -0.130. The Bertz CT molecular complexity index is 815. The van der Waals surface area contributed by atoms with E-state index in [1.165, 1.54) is 6.07 Å². The Morgan fingerprint density at radius 1 is 1.33 bits per heavy atom. The highest BCUT2D eigenvalue weighted by Gasteiger charge is 2.47. The van der Waals surface area contributed by atoms with Gasteiger partial charge in [-0.15, -0.1) is 12.4 Å². The smallest absolute Gasteiger partial charge is 0.224 e. The van der Waals surface area contributed by atoms with Crippen LogP contribution in [0.5, 0.6) is 0 Å². The molecule has 0 N–H and O–H groups in total. The van der Waals surface area contributed by atoms with Gasteiger partial charge in [0.2, 0.25) is 5.91 Å². The van der Waals surface area contributed by atoms with E-state index < -0.39 is 0 Å². The molecular formula is C19H23Cl2FN4O. The second-order valence-electron chi connectivity index (χ2n) is 7.33. The van der Waals surface area contributed by atoms with Crippen molar-refractivity contribution in [2.75, 3.05) is 26.7 Å². The second kappa shape index (κ2) is 8.17. The number of rotatable bonds is 4. The van der Waals surface area contributed by atoms with Crippen molar-refractivity contribution < 1.29 is 9.18 Å². The maximum absolute atomic E-state index is 13.7.